The second kappa shape index (κ2) is 7.41. The van der Waals surface area contributed by atoms with Crippen LogP contribution in [0, 0.1) is 11.3 Å². The van der Waals surface area contributed by atoms with Gasteiger partial charge in [-0.2, -0.15) is 5.26 Å². The molecule has 0 bridgehead atoms. The SMILES string of the molecule is COCCCCNCc1cc(C#N)cs1. The van der Waals surface area contributed by atoms with Crippen LogP contribution in [0.1, 0.15) is 23.3 Å². The van der Waals surface area contributed by atoms with Crippen molar-refractivity contribution in [1.29, 1.82) is 5.26 Å². The van der Waals surface area contributed by atoms with Crippen LogP contribution in [-0.2, 0) is 11.3 Å². The maximum atomic E-state index is 8.64. The van der Waals surface area contributed by atoms with Crippen LogP contribution in [0.4, 0.5) is 0 Å². The van der Waals surface area contributed by atoms with E-state index in [2.05, 4.69) is 11.4 Å². The van der Waals surface area contributed by atoms with Crippen molar-refractivity contribution in [3.05, 3.63) is 21.9 Å². The molecule has 0 aliphatic carbocycles. The fourth-order valence-electron chi connectivity index (χ4n) is 1.24. The van der Waals surface area contributed by atoms with Gasteiger partial charge >= 0.3 is 0 Å². The molecule has 4 heteroatoms. The predicted octanol–water partition coefficient (Wildman–Crippen LogP) is 2.14. The number of ether oxygens (including phenoxy) is 1. The summed E-state index contributed by atoms with van der Waals surface area (Å²) < 4.78 is 4.96. The molecule has 0 atom stereocenters. The lowest BCUT2D eigenvalue weighted by molar-refractivity contribution is 0.192. The molecule has 3 nitrogen and oxygen atoms in total. The maximum absolute atomic E-state index is 8.64. The highest BCUT2D eigenvalue weighted by atomic mass is 32.1. The summed E-state index contributed by atoms with van der Waals surface area (Å²) in [6.45, 7) is 2.70. The molecular weight excluding hydrogens is 208 g/mol. The second-order valence-corrected chi connectivity index (χ2v) is 4.29. The summed E-state index contributed by atoms with van der Waals surface area (Å²) >= 11 is 1.63. The number of rotatable bonds is 7. The lowest BCUT2D eigenvalue weighted by atomic mass is 10.3. The van der Waals surface area contributed by atoms with Gasteiger partial charge in [-0.15, -0.1) is 11.3 Å². The minimum absolute atomic E-state index is 0.760. The molecule has 15 heavy (non-hydrogen) atoms. The minimum atomic E-state index is 0.760. The summed E-state index contributed by atoms with van der Waals surface area (Å²) in [5.41, 5.74) is 0.760. The lowest BCUT2D eigenvalue weighted by Crippen LogP contribution is -2.14. The Hall–Kier alpha value is -0.890. The summed E-state index contributed by atoms with van der Waals surface area (Å²) in [6, 6.07) is 4.07. The van der Waals surface area contributed by atoms with Gasteiger partial charge < -0.3 is 10.1 Å². The lowest BCUT2D eigenvalue weighted by Gasteiger charge is -2.02. The third-order valence-corrected chi connectivity index (χ3v) is 2.97. The summed E-state index contributed by atoms with van der Waals surface area (Å²) in [5, 5.41) is 13.9. The highest BCUT2D eigenvalue weighted by molar-refractivity contribution is 7.10. The monoisotopic (exact) mass is 224 g/mol. The molecule has 0 amide bonds. The van der Waals surface area contributed by atoms with Gasteiger partial charge in [0.05, 0.1) is 5.56 Å². The summed E-state index contributed by atoms with van der Waals surface area (Å²) in [7, 11) is 1.72. The van der Waals surface area contributed by atoms with Gasteiger partial charge in [0.25, 0.3) is 0 Å². The number of unbranched alkanes of at least 4 members (excludes halogenated alkanes) is 1. The first-order chi connectivity index (χ1) is 7.36. The Morgan fingerprint density at radius 2 is 2.40 bits per heavy atom. The first-order valence-electron chi connectivity index (χ1n) is 5.04. The van der Waals surface area contributed by atoms with Crippen LogP contribution < -0.4 is 5.32 Å². The third-order valence-electron chi connectivity index (χ3n) is 2.03. The van der Waals surface area contributed by atoms with E-state index in [4.69, 9.17) is 10.00 Å². The average Bonchev–Trinajstić information content (AvgIpc) is 2.71. The molecule has 0 aliphatic heterocycles. The average molecular weight is 224 g/mol. The molecule has 0 aromatic carbocycles. The fourth-order valence-corrected chi connectivity index (χ4v) is 2.02. The van der Waals surface area contributed by atoms with Gasteiger partial charge in [0.2, 0.25) is 0 Å². The zero-order chi connectivity index (χ0) is 10.9. The van der Waals surface area contributed by atoms with E-state index in [1.807, 2.05) is 11.4 Å². The van der Waals surface area contributed by atoms with Crippen molar-refractivity contribution in [2.45, 2.75) is 19.4 Å². The molecular formula is C11H16N2OS. The van der Waals surface area contributed by atoms with Crippen LogP contribution in [-0.4, -0.2) is 20.3 Å². The number of nitrogens with zero attached hydrogens (tertiary/aromatic N) is 1. The quantitative estimate of drug-likeness (QED) is 0.722. The van der Waals surface area contributed by atoms with Crippen molar-refractivity contribution >= 4 is 11.3 Å². The van der Waals surface area contributed by atoms with E-state index in [0.29, 0.717) is 0 Å². The first kappa shape index (κ1) is 12.2. The van der Waals surface area contributed by atoms with Crippen LogP contribution in [0.3, 0.4) is 0 Å². The van der Waals surface area contributed by atoms with Crippen LogP contribution in [0.15, 0.2) is 11.4 Å². The zero-order valence-corrected chi connectivity index (χ0v) is 9.77. The molecule has 0 saturated carbocycles. The van der Waals surface area contributed by atoms with Crippen LogP contribution in [0.25, 0.3) is 0 Å². The van der Waals surface area contributed by atoms with Gasteiger partial charge in [-0.05, 0) is 25.5 Å². The molecule has 0 saturated heterocycles. The molecule has 1 N–H and O–H groups in total. The highest BCUT2D eigenvalue weighted by Gasteiger charge is 1.97. The number of nitrogens with one attached hydrogen (secondary N) is 1. The minimum Gasteiger partial charge on any atom is -0.385 e. The van der Waals surface area contributed by atoms with Gasteiger partial charge in [-0.1, -0.05) is 0 Å². The molecule has 1 rings (SSSR count). The topological polar surface area (TPSA) is 45.0 Å². The zero-order valence-electron chi connectivity index (χ0n) is 8.95. The number of hydrogen-bond donors (Lipinski definition) is 1. The summed E-state index contributed by atoms with van der Waals surface area (Å²) in [4.78, 5) is 1.22. The molecule has 0 radical (unpaired) electrons. The number of hydrogen-bond acceptors (Lipinski definition) is 4. The third kappa shape index (κ3) is 4.93. The van der Waals surface area contributed by atoms with Gasteiger partial charge in [0.1, 0.15) is 6.07 Å². The van der Waals surface area contributed by atoms with Crippen LogP contribution in [0.5, 0.6) is 0 Å². The van der Waals surface area contributed by atoms with E-state index >= 15 is 0 Å². The largest absolute Gasteiger partial charge is 0.385 e. The van der Waals surface area contributed by atoms with Crippen molar-refractivity contribution in [2.24, 2.45) is 0 Å². The van der Waals surface area contributed by atoms with Crippen molar-refractivity contribution in [1.82, 2.24) is 5.32 Å². The van der Waals surface area contributed by atoms with Gasteiger partial charge in [0.15, 0.2) is 0 Å². The standard InChI is InChI=1S/C11H16N2OS/c1-14-5-3-2-4-13-8-11-6-10(7-12)9-15-11/h6,9,13H,2-5,8H2,1H3. The van der Waals surface area contributed by atoms with Gasteiger partial charge in [-0.25, -0.2) is 0 Å². The maximum Gasteiger partial charge on any atom is 0.100 e. The normalized spacial score (nSPS) is 10.1. The molecule has 82 valence electrons. The smallest absolute Gasteiger partial charge is 0.100 e. The van der Waals surface area contributed by atoms with Crippen LogP contribution in [0.2, 0.25) is 0 Å². The van der Waals surface area contributed by atoms with E-state index in [-0.39, 0.29) is 0 Å². The van der Waals surface area contributed by atoms with Crippen molar-refractivity contribution in [3.8, 4) is 6.07 Å². The van der Waals surface area contributed by atoms with E-state index in [0.717, 1.165) is 38.1 Å². The molecule has 1 aromatic heterocycles. The number of methoxy groups -OCH3 is 1. The molecule has 0 unspecified atom stereocenters. The number of thiophene rings is 1. The van der Waals surface area contributed by atoms with E-state index < -0.39 is 0 Å². The molecule has 0 spiro atoms. The van der Waals surface area contributed by atoms with E-state index in [9.17, 15) is 0 Å². The summed E-state index contributed by atoms with van der Waals surface area (Å²) in [5.74, 6) is 0. The Kier molecular flexibility index (Phi) is 6.02. The fraction of sp³-hybridized carbons (Fsp3) is 0.545. The Bertz CT molecular complexity index is 317. The predicted molar refractivity (Wildman–Crippen MR) is 61.9 cm³/mol. The Labute approximate surface area is 94.7 Å². The van der Waals surface area contributed by atoms with E-state index in [1.165, 1.54) is 4.88 Å². The Morgan fingerprint density at radius 1 is 1.53 bits per heavy atom. The molecule has 1 heterocycles. The molecule has 0 aliphatic rings. The molecule has 0 fully saturated rings. The molecule has 1 aromatic rings. The Balaban J connectivity index is 2.07. The second-order valence-electron chi connectivity index (χ2n) is 3.29. The summed E-state index contributed by atoms with van der Waals surface area (Å²) in [6.07, 6.45) is 2.22. The van der Waals surface area contributed by atoms with Crippen molar-refractivity contribution < 1.29 is 4.74 Å². The van der Waals surface area contributed by atoms with Crippen LogP contribution >= 0.6 is 11.3 Å². The first-order valence-corrected chi connectivity index (χ1v) is 5.92. The van der Waals surface area contributed by atoms with Gasteiger partial charge in [-0.3, -0.25) is 0 Å². The Morgan fingerprint density at radius 3 is 3.07 bits per heavy atom. The number of nitriles is 1. The van der Waals surface area contributed by atoms with Gasteiger partial charge in [0, 0.05) is 30.5 Å². The van der Waals surface area contributed by atoms with Crippen molar-refractivity contribution in [2.75, 3.05) is 20.3 Å². The van der Waals surface area contributed by atoms with Crippen molar-refractivity contribution in [3.63, 3.8) is 0 Å². The highest BCUT2D eigenvalue weighted by Crippen LogP contribution is 2.13. The van der Waals surface area contributed by atoms with E-state index in [1.54, 1.807) is 18.4 Å².